The third-order valence-electron chi connectivity index (χ3n) is 2.56. The fourth-order valence-electron chi connectivity index (χ4n) is 1.51. The van der Waals surface area contributed by atoms with Crippen LogP contribution in [0.1, 0.15) is 13.3 Å². The SMILES string of the molecule is C=C/C=C(\C=C)C1(CC)COC1. The maximum Gasteiger partial charge on any atom is 0.0585 e. The van der Waals surface area contributed by atoms with Crippen LogP contribution in [-0.2, 0) is 4.74 Å². The Kier molecular flexibility index (Phi) is 2.88. The zero-order chi connectivity index (χ0) is 9.03. The van der Waals surface area contributed by atoms with Crippen molar-refractivity contribution >= 4 is 0 Å². The molecule has 0 bridgehead atoms. The van der Waals surface area contributed by atoms with E-state index in [0.717, 1.165) is 19.6 Å². The van der Waals surface area contributed by atoms with Crippen LogP contribution in [0.3, 0.4) is 0 Å². The van der Waals surface area contributed by atoms with E-state index in [1.165, 1.54) is 5.57 Å². The van der Waals surface area contributed by atoms with Crippen LogP contribution in [0.4, 0.5) is 0 Å². The maximum absolute atomic E-state index is 5.24. The number of ether oxygens (including phenoxy) is 1. The van der Waals surface area contributed by atoms with E-state index >= 15 is 0 Å². The van der Waals surface area contributed by atoms with Crippen LogP contribution in [0, 0.1) is 5.41 Å². The second-order valence-electron chi connectivity index (χ2n) is 3.19. The lowest BCUT2D eigenvalue weighted by Crippen LogP contribution is -2.43. The average Bonchev–Trinajstić information content (AvgIpc) is 2.02. The molecular formula is C11H16O. The summed E-state index contributed by atoms with van der Waals surface area (Å²) in [6.45, 7) is 11.3. The van der Waals surface area contributed by atoms with Gasteiger partial charge in [0.25, 0.3) is 0 Å². The van der Waals surface area contributed by atoms with Gasteiger partial charge in [-0.2, -0.15) is 0 Å². The monoisotopic (exact) mass is 164 g/mol. The lowest BCUT2D eigenvalue weighted by Gasteiger charge is -2.42. The van der Waals surface area contributed by atoms with Crippen LogP contribution >= 0.6 is 0 Å². The third-order valence-corrected chi connectivity index (χ3v) is 2.56. The molecule has 1 aliphatic heterocycles. The Morgan fingerprint density at radius 3 is 2.42 bits per heavy atom. The van der Waals surface area contributed by atoms with Gasteiger partial charge in [-0.1, -0.05) is 38.3 Å². The van der Waals surface area contributed by atoms with Crippen molar-refractivity contribution in [2.24, 2.45) is 5.41 Å². The Balaban J connectivity index is 2.81. The van der Waals surface area contributed by atoms with Crippen molar-refractivity contribution in [2.45, 2.75) is 13.3 Å². The second-order valence-corrected chi connectivity index (χ2v) is 3.19. The van der Waals surface area contributed by atoms with E-state index in [9.17, 15) is 0 Å². The molecule has 1 saturated heterocycles. The molecule has 12 heavy (non-hydrogen) atoms. The molecule has 1 heterocycles. The zero-order valence-corrected chi connectivity index (χ0v) is 7.68. The lowest BCUT2D eigenvalue weighted by molar-refractivity contribution is -0.0888. The summed E-state index contributed by atoms with van der Waals surface area (Å²) >= 11 is 0. The van der Waals surface area contributed by atoms with Gasteiger partial charge in [0.2, 0.25) is 0 Å². The quantitative estimate of drug-likeness (QED) is 0.580. The van der Waals surface area contributed by atoms with Crippen LogP contribution in [0.15, 0.2) is 37.0 Å². The first-order chi connectivity index (χ1) is 5.79. The molecule has 1 aliphatic rings. The molecule has 0 amide bonds. The van der Waals surface area contributed by atoms with Crippen molar-refractivity contribution in [1.82, 2.24) is 0 Å². The van der Waals surface area contributed by atoms with Gasteiger partial charge in [0.1, 0.15) is 0 Å². The van der Waals surface area contributed by atoms with Crippen molar-refractivity contribution in [3.8, 4) is 0 Å². The van der Waals surface area contributed by atoms with E-state index < -0.39 is 0 Å². The van der Waals surface area contributed by atoms with Gasteiger partial charge in [0.15, 0.2) is 0 Å². The minimum Gasteiger partial charge on any atom is -0.379 e. The Morgan fingerprint density at radius 1 is 1.50 bits per heavy atom. The molecule has 0 unspecified atom stereocenters. The van der Waals surface area contributed by atoms with Crippen LogP contribution in [-0.4, -0.2) is 13.2 Å². The Labute approximate surface area is 74.4 Å². The maximum atomic E-state index is 5.24. The molecule has 0 radical (unpaired) electrons. The summed E-state index contributed by atoms with van der Waals surface area (Å²) in [5, 5.41) is 0. The molecule has 0 aromatic rings. The molecule has 1 nitrogen and oxygen atoms in total. The fourth-order valence-corrected chi connectivity index (χ4v) is 1.51. The molecule has 1 fully saturated rings. The van der Waals surface area contributed by atoms with E-state index in [2.05, 4.69) is 20.1 Å². The summed E-state index contributed by atoms with van der Waals surface area (Å²) in [4.78, 5) is 0. The second kappa shape index (κ2) is 3.72. The third kappa shape index (κ3) is 1.37. The summed E-state index contributed by atoms with van der Waals surface area (Å²) in [5.74, 6) is 0. The zero-order valence-electron chi connectivity index (χ0n) is 7.68. The summed E-state index contributed by atoms with van der Waals surface area (Å²) in [5.41, 5.74) is 1.49. The minimum absolute atomic E-state index is 0.232. The largest absolute Gasteiger partial charge is 0.379 e. The van der Waals surface area contributed by atoms with Crippen LogP contribution in [0.25, 0.3) is 0 Å². The summed E-state index contributed by atoms with van der Waals surface area (Å²) < 4.78 is 5.24. The van der Waals surface area contributed by atoms with Crippen molar-refractivity contribution < 1.29 is 4.74 Å². The minimum atomic E-state index is 0.232. The Morgan fingerprint density at radius 2 is 2.17 bits per heavy atom. The Bertz CT molecular complexity index is 204. The molecule has 0 atom stereocenters. The average molecular weight is 164 g/mol. The number of hydrogen-bond acceptors (Lipinski definition) is 1. The number of allylic oxidation sites excluding steroid dienone is 3. The topological polar surface area (TPSA) is 9.23 Å². The van der Waals surface area contributed by atoms with Gasteiger partial charge in [-0.3, -0.25) is 0 Å². The summed E-state index contributed by atoms with van der Waals surface area (Å²) in [6.07, 6.45) is 6.86. The highest BCUT2D eigenvalue weighted by molar-refractivity contribution is 5.30. The highest BCUT2D eigenvalue weighted by atomic mass is 16.5. The van der Waals surface area contributed by atoms with Crippen molar-refractivity contribution in [2.75, 3.05) is 13.2 Å². The first-order valence-electron chi connectivity index (χ1n) is 4.32. The van der Waals surface area contributed by atoms with Gasteiger partial charge in [0.05, 0.1) is 13.2 Å². The molecule has 1 heteroatoms. The molecule has 0 N–H and O–H groups in total. The van der Waals surface area contributed by atoms with E-state index in [4.69, 9.17) is 4.74 Å². The van der Waals surface area contributed by atoms with Gasteiger partial charge in [-0.05, 0) is 12.0 Å². The van der Waals surface area contributed by atoms with Crippen LogP contribution in [0.2, 0.25) is 0 Å². The van der Waals surface area contributed by atoms with E-state index in [-0.39, 0.29) is 5.41 Å². The smallest absolute Gasteiger partial charge is 0.0585 e. The Hall–Kier alpha value is -0.820. The summed E-state index contributed by atoms with van der Waals surface area (Å²) in [7, 11) is 0. The fraction of sp³-hybridized carbons (Fsp3) is 0.455. The predicted octanol–water partition coefficient (Wildman–Crippen LogP) is 2.71. The van der Waals surface area contributed by atoms with Gasteiger partial charge in [-0.25, -0.2) is 0 Å². The lowest BCUT2D eigenvalue weighted by atomic mass is 9.75. The molecular weight excluding hydrogens is 148 g/mol. The normalized spacial score (nSPS) is 21.2. The highest BCUT2D eigenvalue weighted by Crippen LogP contribution is 2.39. The first-order valence-corrected chi connectivity index (χ1v) is 4.32. The first kappa shape index (κ1) is 9.27. The predicted molar refractivity (Wildman–Crippen MR) is 52.0 cm³/mol. The molecule has 0 spiro atoms. The number of hydrogen-bond donors (Lipinski definition) is 0. The van der Waals surface area contributed by atoms with Gasteiger partial charge in [-0.15, -0.1) is 0 Å². The van der Waals surface area contributed by atoms with Crippen molar-refractivity contribution in [3.63, 3.8) is 0 Å². The number of rotatable bonds is 4. The van der Waals surface area contributed by atoms with Gasteiger partial charge >= 0.3 is 0 Å². The van der Waals surface area contributed by atoms with Gasteiger partial charge < -0.3 is 4.74 Å². The van der Waals surface area contributed by atoms with E-state index in [0.29, 0.717) is 0 Å². The molecule has 1 rings (SSSR count). The van der Waals surface area contributed by atoms with Crippen LogP contribution in [0.5, 0.6) is 0 Å². The van der Waals surface area contributed by atoms with Gasteiger partial charge in [0, 0.05) is 5.41 Å². The molecule has 0 aliphatic carbocycles. The highest BCUT2D eigenvalue weighted by Gasteiger charge is 2.38. The van der Waals surface area contributed by atoms with Crippen molar-refractivity contribution in [3.05, 3.63) is 37.0 Å². The van der Waals surface area contributed by atoms with E-state index in [1.807, 2.05) is 18.2 Å². The molecule has 0 aromatic carbocycles. The van der Waals surface area contributed by atoms with Crippen molar-refractivity contribution in [1.29, 1.82) is 0 Å². The molecule has 66 valence electrons. The van der Waals surface area contributed by atoms with E-state index in [1.54, 1.807) is 0 Å². The standard InChI is InChI=1S/C11H16O/c1-4-7-10(5-2)11(6-3)8-12-9-11/h4-5,7H,1-2,6,8-9H2,3H3/b10-7+. The summed E-state index contributed by atoms with van der Waals surface area (Å²) in [6, 6.07) is 0. The molecule has 0 saturated carbocycles. The van der Waals surface area contributed by atoms with Crippen LogP contribution < -0.4 is 0 Å². The molecule has 0 aromatic heterocycles.